The molecule has 15 heteroatoms. The van der Waals surface area contributed by atoms with Gasteiger partial charge in [-0.15, -0.1) is 0 Å². The summed E-state index contributed by atoms with van der Waals surface area (Å²) >= 11 is 5.58. The van der Waals surface area contributed by atoms with Crippen LogP contribution >= 0.6 is 31.9 Å². The van der Waals surface area contributed by atoms with Gasteiger partial charge in [-0.1, -0.05) is 15.9 Å². The molecule has 0 fully saturated rings. The highest BCUT2D eigenvalue weighted by Crippen LogP contribution is 2.47. The molecule has 0 heterocycles. The van der Waals surface area contributed by atoms with E-state index in [2.05, 4.69) is 31.9 Å². The molecule has 0 bridgehead atoms. The maximum Gasteiger partial charge on any atom is 0.418 e. The van der Waals surface area contributed by atoms with Crippen molar-refractivity contribution < 1.29 is 36.2 Å². The minimum Gasteiger partial charge on any atom is -0.348 e. The van der Waals surface area contributed by atoms with Crippen molar-refractivity contribution in [1.82, 2.24) is 0 Å². The van der Waals surface area contributed by atoms with Crippen LogP contribution in [0.4, 0.5) is 49.1 Å². The summed E-state index contributed by atoms with van der Waals surface area (Å²) in [6, 6.07) is 1.84. The van der Waals surface area contributed by atoms with Crippen molar-refractivity contribution in [2.75, 3.05) is 5.32 Å². The number of non-ortho nitro benzene ring substituents is 1. The average molecular weight is 553 g/mol. The average Bonchev–Trinajstić information content (AvgIpc) is 2.54. The fraction of sp³-hybridized carbons (Fsp3) is 0.143. The molecule has 2 aromatic carbocycles. The van der Waals surface area contributed by atoms with Crippen LogP contribution in [0.15, 0.2) is 33.2 Å². The molecular weight excluding hydrogens is 548 g/mol. The summed E-state index contributed by atoms with van der Waals surface area (Å²) in [7, 11) is 0. The Morgan fingerprint density at radius 2 is 1.31 bits per heavy atom. The number of nitrogens with one attached hydrogen (secondary N) is 1. The number of hydrogen-bond acceptors (Lipinski definition) is 5. The fourth-order valence-electron chi connectivity index (χ4n) is 2.27. The largest absolute Gasteiger partial charge is 0.418 e. The Morgan fingerprint density at radius 1 is 0.793 bits per heavy atom. The van der Waals surface area contributed by atoms with Gasteiger partial charge in [0.25, 0.3) is 11.4 Å². The van der Waals surface area contributed by atoms with E-state index in [0.29, 0.717) is 6.07 Å². The van der Waals surface area contributed by atoms with Gasteiger partial charge in [-0.3, -0.25) is 20.2 Å². The van der Waals surface area contributed by atoms with Crippen LogP contribution in [0.2, 0.25) is 0 Å². The van der Waals surface area contributed by atoms with Crippen molar-refractivity contribution in [3.05, 3.63) is 64.6 Å². The summed E-state index contributed by atoms with van der Waals surface area (Å²) < 4.78 is 79.8. The van der Waals surface area contributed by atoms with E-state index in [1.165, 1.54) is 0 Å². The van der Waals surface area contributed by atoms with Gasteiger partial charge in [-0.2, -0.15) is 26.3 Å². The van der Waals surface area contributed by atoms with Crippen LogP contribution in [-0.2, 0) is 12.4 Å². The third-order valence-electron chi connectivity index (χ3n) is 3.43. The molecule has 2 rings (SSSR count). The molecule has 0 unspecified atom stereocenters. The zero-order valence-electron chi connectivity index (χ0n) is 13.4. The molecule has 156 valence electrons. The monoisotopic (exact) mass is 551 g/mol. The van der Waals surface area contributed by atoms with E-state index in [1.54, 1.807) is 5.32 Å². The number of anilines is 2. The Hall–Kier alpha value is -2.42. The summed E-state index contributed by atoms with van der Waals surface area (Å²) in [5, 5.41) is 23.9. The van der Waals surface area contributed by atoms with Crippen LogP contribution in [0.5, 0.6) is 0 Å². The lowest BCUT2D eigenvalue weighted by atomic mass is 10.1. The zero-order valence-corrected chi connectivity index (χ0v) is 16.5. The van der Waals surface area contributed by atoms with Gasteiger partial charge >= 0.3 is 12.4 Å². The van der Waals surface area contributed by atoms with Gasteiger partial charge in [0.1, 0.15) is 5.69 Å². The molecule has 0 radical (unpaired) electrons. The van der Waals surface area contributed by atoms with Crippen molar-refractivity contribution in [3.8, 4) is 0 Å². The topological polar surface area (TPSA) is 98.3 Å². The Balaban J connectivity index is 2.86. The molecule has 0 atom stereocenters. The molecule has 0 saturated heterocycles. The van der Waals surface area contributed by atoms with Gasteiger partial charge in [0.15, 0.2) is 0 Å². The number of benzene rings is 2. The van der Waals surface area contributed by atoms with Gasteiger partial charge in [0.2, 0.25) is 0 Å². The second kappa shape index (κ2) is 7.78. The molecule has 0 aliphatic carbocycles. The zero-order chi connectivity index (χ0) is 22.3. The van der Waals surface area contributed by atoms with E-state index in [-0.39, 0.29) is 21.1 Å². The number of hydrogen-bond donors (Lipinski definition) is 1. The predicted molar refractivity (Wildman–Crippen MR) is 94.9 cm³/mol. The van der Waals surface area contributed by atoms with E-state index in [9.17, 15) is 46.6 Å². The number of nitro benzene ring substituents is 2. The highest BCUT2D eigenvalue weighted by atomic mass is 79.9. The van der Waals surface area contributed by atoms with Gasteiger partial charge in [-0.25, -0.2) is 0 Å². The molecule has 0 spiro atoms. The second-order valence-corrected chi connectivity index (χ2v) is 7.10. The Kier molecular flexibility index (Phi) is 6.13. The summed E-state index contributed by atoms with van der Waals surface area (Å²) in [4.78, 5) is 19.4. The predicted octanol–water partition coefficient (Wildman–Crippen LogP) is 6.81. The molecule has 1 N–H and O–H groups in total. The molecule has 7 nitrogen and oxygen atoms in total. The lowest BCUT2D eigenvalue weighted by Crippen LogP contribution is -2.14. The van der Waals surface area contributed by atoms with Gasteiger partial charge in [-0.05, 0) is 28.1 Å². The first-order chi connectivity index (χ1) is 13.1. The highest BCUT2D eigenvalue weighted by molar-refractivity contribution is 9.11. The molecule has 0 amide bonds. The van der Waals surface area contributed by atoms with E-state index < -0.39 is 56.1 Å². The standard InChI is InChI=1S/C14H5Br2F6N3O4/c15-5-1-7(13(17,18)19)11(9(16)2-5)23-12-8(14(20,21)22)3-6(24(26)27)4-10(12)25(28)29/h1-4,23H. The van der Waals surface area contributed by atoms with E-state index in [0.717, 1.165) is 6.07 Å². The number of alkyl halides is 6. The Labute approximate surface area is 173 Å². The minimum absolute atomic E-state index is 0.00461. The first-order valence-corrected chi connectivity index (χ1v) is 8.58. The lowest BCUT2D eigenvalue weighted by molar-refractivity contribution is -0.394. The van der Waals surface area contributed by atoms with Crippen LogP contribution in [0, 0.1) is 20.2 Å². The number of halogens is 8. The van der Waals surface area contributed by atoms with Crippen molar-refractivity contribution >= 4 is 54.6 Å². The fourth-order valence-corrected chi connectivity index (χ4v) is 3.59. The van der Waals surface area contributed by atoms with Gasteiger partial charge < -0.3 is 5.32 Å². The number of nitrogens with zero attached hydrogens (tertiary/aromatic N) is 2. The number of rotatable bonds is 4. The van der Waals surface area contributed by atoms with Crippen molar-refractivity contribution in [1.29, 1.82) is 0 Å². The number of nitro groups is 2. The first-order valence-electron chi connectivity index (χ1n) is 7.00. The summed E-state index contributed by atoms with van der Waals surface area (Å²) in [5.41, 5.74) is -8.29. The summed E-state index contributed by atoms with van der Waals surface area (Å²) in [6.07, 6.45) is -10.4. The Bertz CT molecular complexity index is 1010. The van der Waals surface area contributed by atoms with E-state index in [4.69, 9.17) is 0 Å². The van der Waals surface area contributed by atoms with E-state index >= 15 is 0 Å². The lowest BCUT2D eigenvalue weighted by Gasteiger charge is -2.19. The molecule has 0 aliphatic rings. The van der Waals surface area contributed by atoms with Gasteiger partial charge in [0, 0.05) is 15.0 Å². The van der Waals surface area contributed by atoms with Crippen LogP contribution < -0.4 is 5.32 Å². The van der Waals surface area contributed by atoms with Gasteiger partial charge in [0.05, 0.1) is 32.7 Å². The third kappa shape index (κ3) is 4.95. The normalized spacial score (nSPS) is 12.0. The maximum absolute atomic E-state index is 13.4. The molecule has 0 aliphatic heterocycles. The SMILES string of the molecule is O=[N+]([O-])c1cc([N+](=O)[O-])c(Nc2c(Br)cc(Br)cc2C(F)(F)F)c(C(F)(F)F)c1. The van der Waals surface area contributed by atoms with Crippen LogP contribution in [0.1, 0.15) is 11.1 Å². The van der Waals surface area contributed by atoms with Crippen molar-refractivity contribution in [2.24, 2.45) is 0 Å². The minimum atomic E-state index is -5.35. The van der Waals surface area contributed by atoms with Crippen LogP contribution in [-0.4, -0.2) is 9.85 Å². The first kappa shape index (κ1) is 22.9. The summed E-state index contributed by atoms with van der Waals surface area (Å²) in [5.74, 6) is 0. The smallest absolute Gasteiger partial charge is 0.348 e. The van der Waals surface area contributed by atoms with Crippen LogP contribution in [0.25, 0.3) is 0 Å². The van der Waals surface area contributed by atoms with Crippen molar-refractivity contribution in [2.45, 2.75) is 12.4 Å². The molecule has 0 saturated carbocycles. The summed E-state index contributed by atoms with van der Waals surface area (Å²) in [6.45, 7) is 0. The van der Waals surface area contributed by atoms with E-state index in [1.807, 2.05) is 0 Å². The molecule has 2 aromatic rings. The molecule has 29 heavy (non-hydrogen) atoms. The Morgan fingerprint density at radius 3 is 1.76 bits per heavy atom. The van der Waals surface area contributed by atoms with Crippen LogP contribution in [0.3, 0.4) is 0 Å². The quantitative estimate of drug-likeness (QED) is 0.255. The van der Waals surface area contributed by atoms with Crippen molar-refractivity contribution in [3.63, 3.8) is 0 Å². The third-order valence-corrected chi connectivity index (χ3v) is 4.51. The molecular formula is C14H5Br2F6N3O4. The second-order valence-electron chi connectivity index (χ2n) is 5.33. The molecule has 0 aromatic heterocycles. The maximum atomic E-state index is 13.4. The highest BCUT2D eigenvalue weighted by Gasteiger charge is 2.41.